The minimum atomic E-state index is 0.833. The van der Waals surface area contributed by atoms with Crippen LogP contribution in [0.15, 0.2) is 124 Å². The van der Waals surface area contributed by atoms with Crippen LogP contribution in [-0.2, 0) is 0 Å². The zero-order chi connectivity index (χ0) is 37.7. The molecule has 56 heavy (non-hydrogen) atoms. The Hall–Kier alpha value is -4.04. The molecule has 0 N–H and O–H groups in total. The summed E-state index contributed by atoms with van der Waals surface area (Å²) in [5, 5.41) is 11.2. The fourth-order valence-corrected chi connectivity index (χ4v) is 11.6. The van der Waals surface area contributed by atoms with Gasteiger partial charge in [0.1, 0.15) is 0 Å². The molecule has 0 amide bonds. The highest BCUT2D eigenvalue weighted by Gasteiger charge is 2.19. The normalized spacial score (nSPS) is 12.5. The Labute approximate surface area is 365 Å². The van der Waals surface area contributed by atoms with E-state index in [1.54, 1.807) is 6.20 Å². The van der Waals surface area contributed by atoms with Crippen molar-refractivity contribution in [2.24, 2.45) is 0 Å². The van der Waals surface area contributed by atoms with E-state index < -0.39 is 0 Å². The Morgan fingerprint density at radius 3 is 0.964 bits per heavy atom. The lowest BCUT2D eigenvalue weighted by Gasteiger charge is -2.13. The van der Waals surface area contributed by atoms with Gasteiger partial charge in [-0.05, 0) is 152 Å². The number of para-hydroxylation sites is 1. The van der Waals surface area contributed by atoms with Crippen LogP contribution >= 0.6 is 95.6 Å². The molecule has 12 aromatic rings. The van der Waals surface area contributed by atoms with Gasteiger partial charge in [-0.15, -0.1) is 0 Å². The van der Waals surface area contributed by atoms with Crippen LogP contribution in [0.5, 0.6) is 0 Å². The molecule has 0 aliphatic heterocycles. The van der Waals surface area contributed by atoms with E-state index in [2.05, 4.69) is 161 Å². The third kappa shape index (κ3) is 4.86. The van der Waals surface area contributed by atoms with Gasteiger partial charge in [0.2, 0.25) is 0 Å². The summed E-state index contributed by atoms with van der Waals surface area (Å²) in [6.07, 6.45) is 1.80. The molecule has 0 saturated carbocycles. The van der Waals surface area contributed by atoms with E-state index in [0.29, 0.717) is 0 Å². The molecule has 0 atom stereocenters. The first-order valence-corrected chi connectivity index (χ1v) is 22.1. The van der Waals surface area contributed by atoms with E-state index in [1.807, 2.05) is 30.3 Å². The van der Waals surface area contributed by atoms with E-state index in [1.165, 1.54) is 0 Å². The highest BCUT2D eigenvalue weighted by molar-refractivity contribution is 9.11. The van der Waals surface area contributed by atoms with Crippen molar-refractivity contribution in [3.8, 4) is 0 Å². The van der Waals surface area contributed by atoms with Crippen LogP contribution in [0.4, 0.5) is 0 Å². The van der Waals surface area contributed by atoms with Crippen molar-refractivity contribution < 1.29 is 0 Å². The molecule has 0 aliphatic rings. The monoisotopic (exact) mass is 1100 g/mol. The van der Waals surface area contributed by atoms with Crippen LogP contribution in [-0.4, -0.2) is 29.9 Å². The number of aromatic nitrogens is 6. The van der Waals surface area contributed by atoms with Crippen LogP contribution in [0.1, 0.15) is 0 Å². The van der Waals surface area contributed by atoms with E-state index in [9.17, 15) is 0 Å². The van der Waals surface area contributed by atoms with Gasteiger partial charge in [-0.25, -0.2) is 24.9 Å². The summed E-state index contributed by atoms with van der Waals surface area (Å²) in [5.74, 6) is 0. The Bertz CT molecular complexity index is 3860. The number of hydrogen-bond donors (Lipinski definition) is 0. The molecule has 0 spiro atoms. The Kier molecular flexibility index (Phi) is 7.44. The van der Waals surface area contributed by atoms with Gasteiger partial charge in [-0.3, -0.25) is 4.98 Å². The van der Waals surface area contributed by atoms with Gasteiger partial charge < -0.3 is 0 Å². The second-order valence-electron chi connectivity index (χ2n) is 13.9. The number of halogens is 6. The molecule has 264 valence electrons. The lowest BCUT2D eigenvalue weighted by Crippen LogP contribution is -1.93. The van der Waals surface area contributed by atoms with Gasteiger partial charge in [0.05, 0.1) is 60.7 Å². The molecule has 0 radical (unpaired) electrons. The lowest BCUT2D eigenvalue weighted by atomic mass is 10.0. The first-order chi connectivity index (χ1) is 27.2. The summed E-state index contributed by atoms with van der Waals surface area (Å²) in [5.41, 5.74) is 9.46. The second-order valence-corrected chi connectivity index (χ2v) is 18.7. The summed E-state index contributed by atoms with van der Waals surface area (Å²) in [6, 6.07) is 31.2. The topological polar surface area (TPSA) is 77.3 Å². The fourth-order valence-electron chi connectivity index (χ4n) is 8.00. The first kappa shape index (κ1) is 34.0. The largest absolute Gasteiger partial charge is 0.256 e. The zero-order valence-corrected chi connectivity index (χ0v) is 37.7. The number of pyridine rings is 6. The van der Waals surface area contributed by atoms with Gasteiger partial charge in [-0.1, -0.05) is 34.1 Å². The number of rotatable bonds is 0. The van der Waals surface area contributed by atoms with Gasteiger partial charge in [0.25, 0.3) is 0 Å². The van der Waals surface area contributed by atoms with Crippen molar-refractivity contribution in [2.75, 3.05) is 0 Å². The molecule has 0 saturated heterocycles. The Balaban J connectivity index is 1.07. The van der Waals surface area contributed by atoms with Crippen molar-refractivity contribution >= 4 is 216 Å². The molecular formula is C44H16Br6N6. The third-order valence-corrected chi connectivity index (χ3v) is 15.7. The predicted octanol–water partition coefficient (Wildman–Crippen LogP) is 15.3. The quantitative estimate of drug-likeness (QED) is 0.141. The molecule has 6 aromatic heterocycles. The maximum absolute atomic E-state index is 5.19. The fraction of sp³-hybridized carbons (Fsp3) is 0. The molecule has 6 nitrogen and oxygen atoms in total. The molecular weight excluding hydrogens is 1090 g/mol. The SMILES string of the molecule is Brc1ccnc2cc3nc4cc5nc6cc7nc8cc9nc%10cc%11nc%12ccccc%12c(Br)c%11cc%10c(Br)c9cc8c(Br)c7cc6c(Br)c5cc4c(Br)c3cc12. The number of hydrogen-bond acceptors (Lipinski definition) is 6. The van der Waals surface area contributed by atoms with Gasteiger partial charge in [0, 0.05) is 92.3 Å². The van der Waals surface area contributed by atoms with E-state index in [-0.39, 0.29) is 0 Å². The van der Waals surface area contributed by atoms with Crippen LogP contribution in [0.2, 0.25) is 0 Å². The highest BCUT2D eigenvalue weighted by Crippen LogP contribution is 2.43. The second kappa shape index (κ2) is 12.2. The summed E-state index contributed by atoms with van der Waals surface area (Å²) < 4.78 is 5.89. The standard InChI is InChI=1S/C44H16Br6N6/c45-28-5-6-51-30-12-31-19(7-18(28)30)41(47)22-9-23-35(14-34(22)53-31)55-38-16-39-27(11-26(38)43(23)49)44(50)25-10-24-36(15-37(25)56-39)54-33-13-32-20(8-21(33)42(24)48)40(46)17-3-1-2-4-29(17)52-32/h1-16H. The third-order valence-electron chi connectivity index (χ3n) is 10.7. The van der Waals surface area contributed by atoms with E-state index in [0.717, 1.165) is 147 Å². The van der Waals surface area contributed by atoms with Crippen LogP contribution in [0, 0.1) is 0 Å². The van der Waals surface area contributed by atoms with Crippen LogP contribution < -0.4 is 0 Å². The van der Waals surface area contributed by atoms with E-state index >= 15 is 0 Å². The molecule has 12 heteroatoms. The summed E-state index contributed by atoms with van der Waals surface area (Å²) >= 11 is 23.5. The Morgan fingerprint density at radius 2 is 0.571 bits per heavy atom. The summed E-state index contributed by atoms with van der Waals surface area (Å²) in [4.78, 5) is 30.1. The van der Waals surface area contributed by atoms with Crippen molar-refractivity contribution in [3.63, 3.8) is 0 Å². The molecule has 0 fully saturated rings. The lowest BCUT2D eigenvalue weighted by molar-refractivity contribution is 1.40. The van der Waals surface area contributed by atoms with Crippen molar-refractivity contribution in [2.45, 2.75) is 0 Å². The number of nitrogens with zero attached hydrogens (tertiary/aromatic N) is 6. The van der Waals surface area contributed by atoms with Gasteiger partial charge >= 0.3 is 0 Å². The minimum absolute atomic E-state index is 0.833. The van der Waals surface area contributed by atoms with Crippen LogP contribution in [0.25, 0.3) is 120 Å². The first-order valence-electron chi connectivity index (χ1n) is 17.3. The highest BCUT2D eigenvalue weighted by atomic mass is 79.9. The van der Waals surface area contributed by atoms with Crippen molar-refractivity contribution in [1.29, 1.82) is 0 Å². The van der Waals surface area contributed by atoms with E-state index in [4.69, 9.17) is 24.9 Å². The van der Waals surface area contributed by atoms with Gasteiger partial charge in [-0.2, -0.15) is 0 Å². The predicted molar refractivity (Wildman–Crippen MR) is 252 cm³/mol. The smallest absolute Gasteiger partial charge is 0.0743 e. The number of fused-ring (bicyclic) bond motifs is 11. The molecule has 0 aliphatic carbocycles. The summed E-state index contributed by atoms with van der Waals surface area (Å²) in [6.45, 7) is 0. The average molecular weight is 1110 g/mol. The number of benzene rings is 6. The summed E-state index contributed by atoms with van der Waals surface area (Å²) in [7, 11) is 0. The Morgan fingerprint density at radius 1 is 0.268 bits per heavy atom. The maximum Gasteiger partial charge on any atom is 0.0743 e. The maximum atomic E-state index is 5.19. The molecule has 0 bridgehead atoms. The van der Waals surface area contributed by atoms with Crippen molar-refractivity contribution in [1.82, 2.24) is 29.9 Å². The average Bonchev–Trinajstić information content (AvgIpc) is 3.19. The van der Waals surface area contributed by atoms with Crippen molar-refractivity contribution in [3.05, 3.63) is 124 Å². The zero-order valence-electron chi connectivity index (χ0n) is 28.2. The molecule has 6 aromatic carbocycles. The minimum Gasteiger partial charge on any atom is -0.256 e. The van der Waals surface area contributed by atoms with Gasteiger partial charge in [0.15, 0.2) is 0 Å². The van der Waals surface area contributed by atoms with Crippen LogP contribution in [0.3, 0.4) is 0 Å². The molecule has 0 unspecified atom stereocenters. The molecule has 12 rings (SSSR count). The molecule has 6 heterocycles.